The molecule has 3 rings (SSSR count). The standard InChI is InChI=1S/C23H28F3N3O2/c24-23(25,26)18-11-9-17(10-12-18)20-7-1-2-8-21(20)28-22(31)29(14-5-15-30)16-19-6-3-4-13-27-19/h3-4,6,9-13,20-21,30H,1-2,5,7-8,14-16H2,(H,28,31). The molecule has 0 saturated heterocycles. The Kier molecular flexibility index (Phi) is 7.90. The summed E-state index contributed by atoms with van der Waals surface area (Å²) in [5.41, 5.74) is 0.890. The van der Waals surface area contributed by atoms with E-state index in [0.29, 0.717) is 19.5 Å². The van der Waals surface area contributed by atoms with Crippen LogP contribution in [0.4, 0.5) is 18.0 Å². The molecule has 0 spiro atoms. The van der Waals surface area contributed by atoms with Crippen LogP contribution in [0.1, 0.15) is 54.8 Å². The molecule has 0 radical (unpaired) electrons. The minimum absolute atomic E-state index is 0.0242. The lowest BCUT2D eigenvalue weighted by Crippen LogP contribution is -2.48. The van der Waals surface area contributed by atoms with E-state index in [1.54, 1.807) is 17.2 Å². The molecular formula is C23H28F3N3O2. The fraction of sp³-hybridized carbons (Fsp3) is 0.478. The minimum atomic E-state index is -4.36. The second kappa shape index (κ2) is 10.6. The number of halogens is 3. The topological polar surface area (TPSA) is 65.5 Å². The molecule has 0 aliphatic heterocycles. The van der Waals surface area contributed by atoms with Gasteiger partial charge < -0.3 is 15.3 Å². The van der Waals surface area contributed by atoms with Crippen LogP contribution in [0.5, 0.6) is 0 Å². The Morgan fingerprint density at radius 2 is 1.87 bits per heavy atom. The van der Waals surface area contributed by atoms with Gasteiger partial charge in [-0.2, -0.15) is 13.2 Å². The van der Waals surface area contributed by atoms with Crippen LogP contribution in [0.15, 0.2) is 48.7 Å². The molecule has 1 fully saturated rings. The van der Waals surface area contributed by atoms with Crippen LogP contribution >= 0.6 is 0 Å². The van der Waals surface area contributed by atoms with Gasteiger partial charge in [0.05, 0.1) is 17.8 Å². The highest BCUT2D eigenvalue weighted by Gasteiger charge is 2.32. The van der Waals surface area contributed by atoms with E-state index in [1.807, 2.05) is 12.1 Å². The molecule has 2 aromatic rings. The van der Waals surface area contributed by atoms with Crippen LogP contribution < -0.4 is 5.32 Å². The number of hydrogen-bond donors (Lipinski definition) is 2. The highest BCUT2D eigenvalue weighted by atomic mass is 19.4. The van der Waals surface area contributed by atoms with Gasteiger partial charge in [-0.05, 0) is 49.1 Å². The maximum Gasteiger partial charge on any atom is 0.416 e. The molecule has 2 N–H and O–H groups in total. The van der Waals surface area contributed by atoms with Crippen molar-refractivity contribution in [2.45, 2.75) is 56.8 Å². The van der Waals surface area contributed by atoms with Crippen LogP contribution in [0.2, 0.25) is 0 Å². The number of aromatic nitrogens is 1. The van der Waals surface area contributed by atoms with E-state index in [-0.39, 0.29) is 24.6 Å². The summed E-state index contributed by atoms with van der Waals surface area (Å²) in [6.07, 6.45) is 1.27. The number of hydrogen-bond acceptors (Lipinski definition) is 3. The van der Waals surface area contributed by atoms with E-state index < -0.39 is 11.7 Å². The molecular weight excluding hydrogens is 407 g/mol. The molecule has 168 valence electrons. The van der Waals surface area contributed by atoms with Crippen LogP contribution in [-0.4, -0.2) is 40.2 Å². The number of nitrogens with one attached hydrogen (secondary N) is 1. The fourth-order valence-corrected chi connectivity index (χ4v) is 4.07. The number of rotatable bonds is 7. The number of benzene rings is 1. The number of carbonyl (C=O) groups excluding carboxylic acids is 1. The van der Waals surface area contributed by atoms with Crippen LogP contribution in [0, 0.1) is 0 Å². The van der Waals surface area contributed by atoms with Crippen molar-refractivity contribution in [3.05, 3.63) is 65.5 Å². The Bertz CT molecular complexity index is 828. The smallest absolute Gasteiger partial charge is 0.396 e. The first-order valence-corrected chi connectivity index (χ1v) is 10.6. The highest BCUT2D eigenvalue weighted by molar-refractivity contribution is 5.74. The lowest BCUT2D eigenvalue weighted by Gasteiger charge is -2.34. The molecule has 1 aliphatic rings. The first-order chi connectivity index (χ1) is 14.9. The Morgan fingerprint density at radius 1 is 1.13 bits per heavy atom. The summed E-state index contributed by atoms with van der Waals surface area (Å²) in [4.78, 5) is 18.9. The number of nitrogens with zero attached hydrogens (tertiary/aromatic N) is 2. The number of carbonyl (C=O) groups is 1. The molecule has 1 aromatic carbocycles. The number of pyridine rings is 1. The van der Waals surface area contributed by atoms with E-state index in [0.717, 1.165) is 49.1 Å². The van der Waals surface area contributed by atoms with Gasteiger partial charge in [-0.15, -0.1) is 0 Å². The van der Waals surface area contributed by atoms with Crippen molar-refractivity contribution < 1.29 is 23.1 Å². The van der Waals surface area contributed by atoms with Crippen molar-refractivity contribution in [3.63, 3.8) is 0 Å². The van der Waals surface area contributed by atoms with Crippen molar-refractivity contribution in [3.8, 4) is 0 Å². The summed E-state index contributed by atoms with van der Waals surface area (Å²) >= 11 is 0. The van der Waals surface area contributed by atoms with Gasteiger partial charge in [0, 0.05) is 31.3 Å². The third-order valence-corrected chi connectivity index (χ3v) is 5.69. The second-order valence-electron chi connectivity index (χ2n) is 7.89. The van der Waals surface area contributed by atoms with Crippen molar-refractivity contribution in [2.75, 3.05) is 13.2 Å². The summed E-state index contributed by atoms with van der Waals surface area (Å²) in [6, 6.07) is 10.4. The average Bonchev–Trinajstić information content (AvgIpc) is 2.77. The molecule has 5 nitrogen and oxygen atoms in total. The summed E-state index contributed by atoms with van der Waals surface area (Å²) in [5, 5.41) is 12.3. The number of amides is 2. The van der Waals surface area contributed by atoms with Gasteiger partial charge in [-0.3, -0.25) is 4.98 Å². The third kappa shape index (κ3) is 6.43. The minimum Gasteiger partial charge on any atom is -0.396 e. The average molecular weight is 435 g/mol. The highest BCUT2D eigenvalue weighted by Crippen LogP contribution is 2.35. The van der Waals surface area contributed by atoms with Gasteiger partial charge in [0.25, 0.3) is 0 Å². The summed E-state index contributed by atoms with van der Waals surface area (Å²) in [7, 11) is 0. The Balaban J connectivity index is 1.71. The van der Waals surface area contributed by atoms with Crippen molar-refractivity contribution >= 4 is 6.03 Å². The zero-order valence-corrected chi connectivity index (χ0v) is 17.3. The summed E-state index contributed by atoms with van der Waals surface area (Å²) in [5.74, 6) is -0.0328. The summed E-state index contributed by atoms with van der Waals surface area (Å²) < 4.78 is 38.7. The molecule has 2 amide bonds. The van der Waals surface area contributed by atoms with E-state index in [2.05, 4.69) is 10.3 Å². The molecule has 1 aliphatic carbocycles. The number of aliphatic hydroxyl groups is 1. The van der Waals surface area contributed by atoms with Crippen molar-refractivity contribution in [2.24, 2.45) is 0 Å². The van der Waals surface area contributed by atoms with E-state index in [9.17, 15) is 23.1 Å². The first-order valence-electron chi connectivity index (χ1n) is 10.6. The molecule has 0 bridgehead atoms. The van der Waals surface area contributed by atoms with Gasteiger partial charge in [0.1, 0.15) is 0 Å². The van der Waals surface area contributed by atoms with Crippen molar-refractivity contribution in [1.82, 2.24) is 15.2 Å². The quantitative estimate of drug-likeness (QED) is 0.661. The second-order valence-corrected chi connectivity index (χ2v) is 7.89. The number of urea groups is 1. The number of aliphatic hydroxyl groups excluding tert-OH is 1. The maximum atomic E-state index is 13.0. The molecule has 1 aromatic heterocycles. The third-order valence-electron chi connectivity index (χ3n) is 5.69. The Hall–Kier alpha value is -2.61. The van der Waals surface area contributed by atoms with Crippen molar-refractivity contribution in [1.29, 1.82) is 0 Å². The first kappa shape index (κ1) is 23.1. The molecule has 2 unspecified atom stereocenters. The number of alkyl halides is 3. The zero-order valence-electron chi connectivity index (χ0n) is 17.3. The van der Waals surface area contributed by atoms with Gasteiger partial charge in [-0.1, -0.05) is 31.0 Å². The van der Waals surface area contributed by atoms with Crippen LogP contribution in [-0.2, 0) is 12.7 Å². The maximum absolute atomic E-state index is 13.0. The van der Waals surface area contributed by atoms with E-state index in [1.165, 1.54) is 12.1 Å². The lowest BCUT2D eigenvalue weighted by molar-refractivity contribution is -0.137. The molecule has 2 atom stereocenters. The normalized spacial score (nSPS) is 19.1. The van der Waals surface area contributed by atoms with Gasteiger partial charge in [0.15, 0.2) is 0 Å². The zero-order chi connectivity index (χ0) is 22.3. The van der Waals surface area contributed by atoms with Gasteiger partial charge in [0.2, 0.25) is 0 Å². The Labute approximate surface area is 180 Å². The van der Waals surface area contributed by atoms with E-state index >= 15 is 0 Å². The monoisotopic (exact) mass is 435 g/mol. The van der Waals surface area contributed by atoms with Gasteiger partial charge in [-0.25, -0.2) is 4.79 Å². The van der Waals surface area contributed by atoms with E-state index in [4.69, 9.17) is 0 Å². The molecule has 8 heteroatoms. The predicted octanol–water partition coefficient (Wildman–Crippen LogP) is 4.72. The molecule has 1 saturated carbocycles. The fourth-order valence-electron chi connectivity index (χ4n) is 4.07. The molecule has 31 heavy (non-hydrogen) atoms. The predicted molar refractivity (Wildman–Crippen MR) is 111 cm³/mol. The molecule has 1 heterocycles. The van der Waals surface area contributed by atoms with Crippen LogP contribution in [0.25, 0.3) is 0 Å². The lowest BCUT2D eigenvalue weighted by atomic mass is 9.80. The van der Waals surface area contributed by atoms with Crippen LogP contribution in [0.3, 0.4) is 0 Å². The largest absolute Gasteiger partial charge is 0.416 e. The SMILES string of the molecule is O=C(NC1CCCCC1c1ccc(C(F)(F)F)cc1)N(CCCO)Cc1ccccn1. The van der Waals surface area contributed by atoms with Gasteiger partial charge >= 0.3 is 12.2 Å². The Morgan fingerprint density at radius 3 is 2.52 bits per heavy atom. The summed E-state index contributed by atoms with van der Waals surface area (Å²) in [6.45, 7) is 0.685.